The second-order valence-corrected chi connectivity index (χ2v) is 10.2. The van der Waals surface area contributed by atoms with Crippen molar-refractivity contribution in [2.75, 3.05) is 6.54 Å². The Labute approximate surface area is 193 Å². The second kappa shape index (κ2) is 7.12. The van der Waals surface area contributed by atoms with E-state index in [1.165, 1.54) is 17.4 Å². The lowest BCUT2D eigenvalue weighted by atomic mass is 9.63. The average molecular weight is 467 g/mol. The van der Waals surface area contributed by atoms with Crippen LogP contribution in [0.2, 0.25) is 5.02 Å². The normalized spacial score (nSPS) is 31.5. The van der Waals surface area contributed by atoms with Crippen LogP contribution in [-0.4, -0.2) is 40.1 Å². The van der Waals surface area contributed by atoms with Crippen molar-refractivity contribution < 1.29 is 19.2 Å². The Balaban J connectivity index is 1.39. The molecule has 0 N–H and O–H groups in total. The third-order valence-corrected chi connectivity index (χ3v) is 8.55. The van der Waals surface area contributed by atoms with Gasteiger partial charge in [-0.25, -0.2) is 5.01 Å². The van der Waals surface area contributed by atoms with Gasteiger partial charge < -0.3 is 0 Å². The van der Waals surface area contributed by atoms with Crippen LogP contribution in [0.3, 0.4) is 0 Å². The topological polar surface area (TPSA) is 74.8 Å². The number of nitrogens with zero attached hydrogens (tertiary/aromatic N) is 2. The summed E-state index contributed by atoms with van der Waals surface area (Å²) in [5.74, 6) is -1.70. The fourth-order valence-electron chi connectivity index (χ4n) is 5.84. The first-order chi connectivity index (χ1) is 15.5. The van der Waals surface area contributed by atoms with Gasteiger partial charge in [0.1, 0.15) is 6.54 Å². The second-order valence-electron chi connectivity index (χ2n) is 8.89. The molecule has 1 aliphatic heterocycles. The van der Waals surface area contributed by atoms with E-state index in [9.17, 15) is 19.2 Å². The fraction of sp³-hybridized carbons (Fsp3) is 0.333. The molecule has 6 nitrogen and oxygen atoms in total. The van der Waals surface area contributed by atoms with Crippen molar-refractivity contribution in [2.24, 2.45) is 35.5 Å². The van der Waals surface area contributed by atoms with Crippen LogP contribution in [0.5, 0.6) is 0 Å². The third-order valence-electron chi connectivity index (χ3n) is 7.31. The largest absolute Gasteiger partial charge is 0.291 e. The van der Waals surface area contributed by atoms with Gasteiger partial charge in [-0.15, -0.1) is 11.3 Å². The van der Waals surface area contributed by atoms with Gasteiger partial charge in [-0.3, -0.25) is 19.2 Å². The van der Waals surface area contributed by atoms with Gasteiger partial charge >= 0.3 is 0 Å². The highest BCUT2D eigenvalue weighted by atomic mass is 35.5. The van der Waals surface area contributed by atoms with E-state index in [1.54, 1.807) is 35.7 Å². The molecule has 0 spiro atoms. The minimum atomic E-state index is -0.633. The first-order valence-electron chi connectivity index (χ1n) is 10.7. The molecule has 6 atom stereocenters. The van der Waals surface area contributed by atoms with Gasteiger partial charge in [-0.05, 0) is 53.7 Å². The summed E-state index contributed by atoms with van der Waals surface area (Å²) in [6.45, 7) is -0.406. The molecule has 3 amide bonds. The van der Waals surface area contributed by atoms with Crippen LogP contribution in [-0.2, 0) is 9.59 Å². The van der Waals surface area contributed by atoms with Crippen molar-refractivity contribution in [3.63, 3.8) is 0 Å². The molecule has 8 heteroatoms. The zero-order valence-corrected chi connectivity index (χ0v) is 18.5. The lowest BCUT2D eigenvalue weighted by molar-refractivity contribution is -0.154. The molecule has 4 aliphatic carbocycles. The molecular weight excluding hydrogens is 448 g/mol. The maximum atomic E-state index is 13.6. The molecule has 162 valence electrons. The Kier molecular flexibility index (Phi) is 4.42. The molecular formula is C24H19ClN2O4S. The van der Waals surface area contributed by atoms with Crippen LogP contribution in [0.1, 0.15) is 26.5 Å². The maximum Gasteiger partial charge on any atom is 0.274 e. The number of benzene rings is 1. The maximum absolute atomic E-state index is 13.6. The van der Waals surface area contributed by atoms with E-state index in [4.69, 9.17) is 11.6 Å². The number of hydrogen-bond acceptors (Lipinski definition) is 5. The highest BCUT2D eigenvalue weighted by molar-refractivity contribution is 7.12. The molecule has 7 rings (SSSR count). The van der Waals surface area contributed by atoms with E-state index in [2.05, 4.69) is 12.2 Å². The van der Waals surface area contributed by atoms with Crippen LogP contribution >= 0.6 is 22.9 Å². The van der Waals surface area contributed by atoms with Crippen molar-refractivity contribution in [1.29, 1.82) is 0 Å². The summed E-state index contributed by atoms with van der Waals surface area (Å²) in [5.41, 5.74) is 0.146. The van der Waals surface area contributed by atoms with Crippen LogP contribution < -0.4 is 0 Å². The molecule has 2 aromatic rings. The van der Waals surface area contributed by atoms with Gasteiger partial charge in [-0.2, -0.15) is 5.01 Å². The summed E-state index contributed by atoms with van der Waals surface area (Å²) in [6, 6.07) is 9.86. The first kappa shape index (κ1) is 19.9. The highest BCUT2D eigenvalue weighted by Crippen LogP contribution is 2.65. The summed E-state index contributed by atoms with van der Waals surface area (Å²) in [6.07, 6.45) is 5.20. The standard InChI is InChI=1S/C24H19ClN2O4S/c25-17-5-2-1-4-14(17)22(29)26(11-18(28)19-6-3-9-32-19)27-23(30)20-12-7-8-13(16-10-15(12)16)21(20)24(27)31/h1-9,12-13,15-16,20-21H,10-11H2/t12-,13-,15-,16-,20+,21+/m0/s1. The number of halogens is 1. The molecule has 1 saturated heterocycles. The van der Waals surface area contributed by atoms with E-state index in [1.807, 2.05) is 0 Å². The van der Waals surface area contributed by atoms with Crippen LogP contribution in [0, 0.1) is 35.5 Å². The van der Waals surface area contributed by atoms with Crippen molar-refractivity contribution in [1.82, 2.24) is 10.0 Å². The minimum Gasteiger partial charge on any atom is -0.291 e. The van der Waals surface area contributed by atoms with E-state index in [0.717, 1.165) is 16.4 Å². The summed E-state index contributed by atoms with van der Waals surface area (Å²) >= 11 is 7.51. The number of carbonyl (C=O) groups is 4. The molecule has 0 radical (unpaired) electrons. The molecule has 3 fully saturated rings. The number of amides is 3. The number of hydrazine groups is 1. The van der Waals surface area contributed by atoms with E-state index < -0.39 is 24.3 Å². The number of rotatable bonds is 5. The van der Waals surface area contributed by atoms with Crippen LogP contribution in [0.25, 0.3) is 0 Å². The Morgan fingerprint density at radius 3 is 2.25 bits per heavy atom. The molecule has 2 heterocycles. The Morgan fingerprint density at radius 2 is 1.66 bits per heavy atom. The summed E-state index contributed by atoms with van der Waals surface area (Å²) in [7, 11) is 0. The first-order valence-corrected chi connectivity index (χ1v) is 11.9. The van der Waals surface area contributed by atoms with Crippen LogP contribution in [0.15, 0.2) is 53.9 Å². The smallest absolute Gasteiger partial charge is 0.274 e. The van der Waals surface area contributed by atoms with Gasteiger partial charge in [0.05, 0.1) is 27.3 Å². The number of Topliss-reactive ketones (excluding diaryl/α,β-unsaturated/α-hetero) is 1. The van der Waals surface area contributed by atoms with E-state index >= 15 is 0 Å². The van der Waals surface area contributed by atoms with Gasteiger partial charge in [0, 0.05) is 0 Å². The summed E-state index contributed by atoms with van der Waals surface area (Å²) in [4.78, 5) is 54.1. The summed E-state index contributed by atoms with van der Waals surface area (Å²) < 4.78 is 0. The number of ketones is 1. The lowest BCUT2D eigenvalue weighted by Gasteiger charge is -2.37. The third kappa shape index (κ3) is 2.77. The molecule has 1 aromatic carbocycles. The number of imide groups is 1. The Bertz CT molecular complexity index is 1160. The number of carbonyl (C=O) groups excluding carboxylic acids is 4. The van der Waals surface area contributed by atoms with Gasteiger partial charge in [0.15, 0.2) is 5.78 Å². The number of allylic oxidation sites excluding steroid dienone is 2. The zero-order chi connectivity index (χ0) is 22.1. The molecule has 1 aromatic heterocycles. The quantitative estimate of drug-likeness (QED) is 0.382. The number of thiophene rings is 1. The SMILES string of the molecule is O=C(CN(C(=O)c1ccccc1Cl)N1C(=O)[C@@H]2[C@H]3C=C[C@@H]([C@@H]4C[C@@H]34)[C@H]2C1=O)c1cccs1. The predicted molar refractivity (Wildman–Crippen MR) is 118 cm³/mol. The predicted octanol–water partition coefficient (Wildman–Crippen LogP) is 3.69. The Hall–Kier alpha value is -2.77. The van der Waals surface area contributed by atoms with E-state index in [-0.39, 0.29) is 40.0 Å². The minimum absolute atomic E-state index is 0.0294. The Morgan fingerprint density at radius 1 is 1.00 bits per heavy atom. The van der Waals surface area contributed by atoms with Gasteiger partial charge in [0.25, 0.3) is 17.7 Å². The molecule has 0 unspecified atom stereocenters. The molecule has 32 heavy (non-hydrogen) atoms. The van der Waals surface area contributed by atoms with Gasteiger partial charge in [-0.1, -0.05) is 42.0 Å². The average Bonchev–Trinajstić information content (AvgIpc) is 3.36. The molecule has 5 aliphatic rings. The van der Waals surface area contributed by atoms with Crippen molar-refractivity contribution >= 4 is 46.4 Å². The van der Waals surface area contributed by atoms with Crippen molar-refractivity contribution in [2.45, 2.75) is 6.42 Å². The highest BCUT2D eigenvalue weighted by Gasteiger charge is 2.68. The van der Waals surface area contributed by atoms with Crippen LogP contribution in [0.4, 0.5) is 0 Å². The fourth-order valence-corrected chi connectivity index (χ4v) is 6.71. The monoisotopic (exact) mass is 466 g/mol. The van der Waals surface area contributed by atoms with Gasteiger partial charge in [0.2, 0.25) is 0 Å². The lowest BCUT2D eigenvalue weighted by Crippen LogP contribution is -2.52. The molecule has 2 saturated carbocycles. The van der Waals surface area contributed by atoms with Crippen molar-refractivity contribution in [3.05, 3.63) is 69.4 Å². The zero-order valence-electron chi connectivity index (χ0n) is 16.9. The summed E-state index contributed by atoms with van der Waals surface area (Å²) in [5, 5.41) is 3.93. The van der Waals surface area contributed by atoms with Crippen molar-refractivity contribution in [3.8, 4) is 0 Å². The molecule has 2 bridgehead atoms. The number of hydrogen-bond donors (Lipinski definition) is 0. The van der Waals surface area contributed by atoms with E-state index in [0.29, 0.717) is 16.7 Å².